The van der Waals surface area contributed by atoms with Crippen molar-refractivity contribution in [1.82, 2.24) is 10.1 Å². The average Bonchev–Trinajstić information content (AvgIpc) is 2.76. The van der Waals surface area contributed by atoms with Gasteiger partial charge in [0.15, 0.2) is 0 Å². The first kappa shape index (κ1) is 12.3. The fourth-order valence-electron chi connectivity index (χ4n) is 1.51. The molecule has 3 N–H and O–H groups in total. The highest BCUT2D eigenvalue weighted by Gasteiger charge is 2.07. The zero-order valence-corrected chi connectivity index (χ0v) is 10.0. The molecule has 0 spiro atoms. The molecule has 0 aliphatic carbocycles. The third-order valence-electron chi connectivity index (χ3n) is 2.30. The molecule has 18 heavy (non-hydrogen) atoms. The van der Waals surface area contributed by atoms with Gasteiger partial charge in [0, 0.05) is 31.1 Å². The summed E-state index contributed by atoms with van der Waals surface area (Å²) in [6.07, 6.45) is 0.297. The highest BCUT2D eigenvalue weighted by molar-refractivity contribution is 5.91. The lowest BCUT2D eigenvalue weighted by Gasteiger charge is -2.04. The molecule has 0 saturated heterocycles. The summed E-state index contributed by atoms with van der Waals surface area (Å²) in [5.41, 5.74) is 6.79. The number of nitrogens with two attached hydrogens (primary N) is 1. The van der Waals surface area contributed by atoms with E-state index < -0.39 is 0 Å². The highest BCUT2D eigenvalue weighted by atomic mass is 16.5. The molecule has 94 valence electrons. The summed E-state index contributed by atoms with van der Waals surface area (Å²) in [7, 11) is 0. The van der Waals surface area contributed by atoms with Gasteiger partial charge >= 0.3 is 0 Å². The minimum absolute atomic E-state index is 0.112. The molecule has 0 bridgehead atoms. The second-order valence-corrected chi connectivity index (χ2v) is 3.80. The number of nitrogens with one attached hydrogen (secondary N) is 1. The maximum atomic E-state index is 11.4. The lowest BCUT2D eigenvalue weighted by molar-refractivity contribution is -0.116. The number of hydrogen-bond acceptors (Lipinski definition) is 5. The first-order valence-electron chi connectivity index (χ1n) is 5.59. The van der Waals surface area contributed by atoms with Crippen LogP contribution in [0.15, 0.2) is 28.8 Å². The Hall–Kier alpha value is -2.21. The SMILES string of the molecule is Cc1nc(-c2cccc(NC(=O)CCN)c2)no1. The summed E-state index contributed by atoms with van der Waals surface area (Å²) in [5.74, 6) is 0.893. The Labute approximate surface area is 104 Å². The van der Waals surface area contributed by atoms with Gasteiger partial charge in [-0.2, -0.15) is 4.98 Å². The lowest BCUT2D eigenvalue weighted by Crippen LogP contribution is -2.16. The summed E-state index contributed by atoms with van der Waals surface area (Å²) in [6, 6.07) is 7.26. The van der Waals surface area contributed by atoms with Gasteiger partial charge in [-0.3, -0.25) is 4.79 Å². The van der Waals surface area contributed by atoms with Crippen LogP contribution in [0.4, 0.5) is 5.69 Å². The van der Waals surface area contributed by atoms with Crippen LogP contribution < -0.4 is 11.1 Å². The number of nitrogens with zero attached hydrogens (tertiary/aromatic N) is 2. The van der Waals surface area contributed by atoms with Crippen molar-refractivity contribution in [3.8, 4) is 11.4 Å². The molecule has 0 fully saturated rings. The van der Waals surface area contributed by atoms with Crippen LogP contribution in [0.25, 0.3) is 11.4 Å². The van der Waals surface area contributed by atoms with Crippen molar-refractivity contribution in [3.05, 3.63) is 30.2 Å². The number of carbonyl (C=O) groups is 1. The molecule has 0 atom stereocenters. The Morgan fingerprint density at radius 3 is 3.00 bits per heavy atom. The smallest absolute Gasteiger partial charge is 0.225 e. The van der Waals surface area contributed by atoms with Gasteiger partial charge in [0.2, 0.25) is 17.6 Å². The van der Waals surface area contributed by atoms with Crippen molar-refractivity contribution < 1.29 is 9.32 Å². The topological polar surface area (TPSA) is 94.0 Å². The van der Waals surface area contributed by atoms with Crippen LogP contribution in [0, 0.1) is 6.92 Å². The Morgan fingerprint density at radius 2 is 2.33 bits per heavy atom. The summed E-state index contributed by atoms with van der Waals surface area (Å²) in [6.45, 7) is 2.05. The van der Waals surface area contributed by atoms with Crippen molar-refractivity contribution >= 4 is 11.6 Å². The molecule has 0 radical (unpaired) electrons. The van der Waals surface area contributed by atoms with E-state index in [9.17, 15) is 4.79 Å². The number of carbonyl (C=O) groups excluding carboxylic acids is 1. The predicted octanol–water partition coefficient (Wildman–Crippen LogP) is 1.33. The van der Waals surface area contributed by atoms with Crippen LogP contribution in [-0.2, 0) is 4.79 Å². The molecule has 2 rings (SSSR count). The quantitative estimate of drug-likeness (QED) is 0.848. The molecule has 0 aliphatic rings. The molecule has 1 heterocycles. The largest absolute Gasteiger partial charge is 0.339 e. The third-order valence-corrected chi connectivity index (χ3v) is 2.30. The van der Waals surface area contributed by atoms with Gasteiger partial charge in [0.1, 0.15) is 0 Å². The number of anilines is 1. The second kappa shape index (κ2) is 5.42. The first-order chi connectivity index (χ1) is 8.69. The molecule has 2 aromatic rings. The Bertz CT molecular complexity index is 551. The van der Waals surface area contributed by atoms with Crippen LogP contribution in [0.5, 0.6) is 0 Å². The highest BCUT2D eigenvalue weighted by Crippen LogP contribution is 2.19. The molecule has 1 aromatic heterocycles. The molecule has 6 heteroatoms. The third kappa shape index (κ3) is 2.92. The number of aryl methyl sites for hydroxylation is 1. The van der Waals surface area contributed by atoms with Gasteiger partial charge < -0.3 is 15.6 Å². The van der Waals surface area contributed by atoms with Crippen LogP contribution >= 0.6 is 0 Å². The van der Waals surface area contributed by atoms with Crippen LogP contribution in [0.1, 0.15) is 12.3 Å². The summed E-state index contributed by atoms with van der Waals surface area (Å²) >= 11 is 0. The van der Waals surface area contributed by atoms with Crippen molar-refractivity contribution in [1.29, 1.82) is 0 Å². The van der Waals surface area contributed by atoms with Gasteiger partial charge in [-0.05, 0) is 12.1 Å². The summed E-state index contributed by atoms with van der Waals surface area (Å²) < 4.78 is 4.91. The van der Waals surface area contributed by atoms with Crippen molar-refractivity contribution in [3.63, 3.8) is 0 Å². The molecule has 6 nitrogen and oxygen atoms in total. The van der Waals surface area contributed by atoms with Gasteiger partial charge in [-0.25, -0.2) is 0 Å². The van der Waals surface area contributed by atoms with E-state index in [-0.39, 0.29) is 5.91 Å². The van der Waals surface area contributed by atoms with Crippen LogP contribution in [0.2, 0.25) is 0 Å². The first-order valence-corrected chi connectivity index (χ1v) is 5.59. The fraction of sp³-hybridized carbons (Fsp3) is 0.250. The summed E-state index contributed by atoms with van der Waals surface area (Å²) in [4.78, 5) is 15.6. The second-order valence-electron chi connectivity index (χ2n) is 3.80. The van der Waals surface area contributed by atoms with E-state index in [1.165, 1.54) is 0 Å². The molecular weight excluding hydrogens is 232 g/mol. The minimum atomic E-state index is -0.112. The van der Waals surface area contributed by atoms with Crippen LogP contribution in [-0.4, -0.2) is 22.6 Å². The Kier molecular flexibility index (Phi) is 3.69. The van der Waals surface area contributed by atoms with E-state index in [0.717, 1.165) is 5.56 Å². The molecule has 1 amide bonds. The van der Waals surface area contributed by atoms with Crippen LogP contribution in [0.3, 0.4) is 0 Å². The van der Waals surface area contributed by atoms with E-state index in [2.05, 4.69) is 15.5 Å². The Balaban J connectivity index is 2.17. The fourth-order valence-corrected chi connectivity index (χ4v) is 1.51. The zero-order valence-electron chi connectivity index (χ0n) is 10.0. The summed E-state index contributed by atoms with van der Waals surface area (Å²) in [5, 5.41) is 6.58. The minimum Gasteiger partial charge on any atom is -0.339 e. The van der Waals surface area contributed by atoms with E-state index in [1.54, 1.807) is 19.1 Å². The normalized spacial score (nSPS) is 10.3. The number of benzene rings is 1. The van der Waals surface area contributed by atoms with Gasteiger partial charge in [0.25, 0.3) is 0 Å². The maximum Gasteiger partial charge on any atom is 0.225 e. The van der Waals surface area contributed by atoms with Crippen molar-refractivity contribution in [2.45, 2.75) is 13.3 Å². The lowest BCUT2D eigenvalue weighted by atomic mass is 10.2. The average molecular weight is 246 g/mol. The maximum absolute atomic E-state index is 11.4. The van der Waals surface area contributed by atoms with E-state index in [1.807, 2.05) is 12.1 Å². The predicted molar refractivity (Wildman–Crippen MR) is 66.8 cm³/mol. The van der Waals surface area contributed by atoms with Crippen molar-refractivity contribution in [2.24, 2.45) is 5.73 Å². The number of amides is 1. The zero-order chi connectivity index (χ0) is 13.0. The molecule has 0 aliphatic heterocycles. The van der Waals surface area contributed by atoms with Gasteiger partial charge in [0.05, 0.1) is 0 Å². The molecule has 1 aromatic carbocycles. The van der Waals surface area contributed by atoms with E-state index >= 15 is 0 Å². The molecule has 0 saturated carbocycles. The monoisotopic (exact) mass is 246 g/mol. The molecule has 0 unspecified atom stereocenters. The standard InChI is InChI=1S/C12H14N4O2/c1-8-14-12(16-18-8)9-3-2-4-10(7-9)15-11(17)5-6-13/h2-4,7H,5-6,13H2,1H3,(H,15,17). The molecular formula is C12H14N4O2. The number of hydrogen-bond donors (Lipinski definition) is 2. The van der Waals surface area contributed by atoms with E-state index in [4.69, 9.17) is 10.3 Å². The Morgan fingerprint density at radius 1 is 1.50 bits per heavy atom. The number of rotatable bonds is 4. The van der Waals surface area contributed by atoms with Gasteiger partial charge in [-0.1, -0.05) is 17.3 Å². The van der Waals surface area contributed by atoms with Gasteiger partial charge in [-0.15, -0.1) is 0 Å². The number of aromatic nitrogens is 2. The van der Waals surface area contributed by atoms with E-state index in [0.29, 0.717) is 30.4 Å². The van der Waals surface area contributed by atoms with Crippen molar-refractivity contribution in [2.75, 3.05) is 11.9 Å².